The van der Waals surface area contributed by atoms with Gasteiger partial charge in [-0.3, -0.25) is 9.69 Å². The predicted octanol–water partition coefficient (Wildman–Crippen LogP) is 2.50. The van der Waals surface area contributed by atoms with Crippen molar-refractivity contribution in [2.45, 2.75) is 45.4 Å². The second-order valence-corrected chi connectivity index (χ2v) is 7.02. The van der Waals surface area contributed by atoms with Crippen molar-refractivity contribution in [2.24, 2.45) is 5.92 Å². The number of carbonyl (C=O) groups is 1. The molecule has 0 unspecified atom stereocenters. The fourth-order valence-electron chi connectivity index (χ4n) is 2.84. The molecule has 5 heteroatoms. The molecule has 3 atom stereocenters. The van der Waals surface area contributed by atoms with E-state index in [0.717, 1.165) is 5.56 Å². The van der Waals surface area contributed by atoms with Crippen LogP contribution < -0.4 is 5.32 Å². The Kier molecular flexibility index (Phi) is 5.98. The second kappa shape index (κ2) is 7.78. The van der Waals surface area contributed by atoms with Gasteiger partial charge in [0.2, 0.25) is 5.91 Å². The maximum absolute atomic E-state index is 12.5. The molecular formula is C19H27N3O2. The summed E-state index contributed by atoms with van der Waals surface area (Å²) in [5, 5.41) is 12.3. The molecule has 0 aliphatic carbocycles. The molecule has 1 heterocycles. The number of hydrogen-bond acceptors (Lipinski definition) is 4. The van der Waals surface area contributed by atoms with Crippen molar-refractivity contribution in [3.8, 4) is 6.07 Å². The van der Waals surface area contributed by atoms with E-state index in [1.54, 1.807) is 6.92 Å². The summed E-state index contributed by atoms with van der Waals surface area (Å²) < 4.78 is 5.79. The molecule has 1 fully saturated rings. The highest BCUT2D eigenvalue weighted by Crippen LogP contribution is 2.26. The smallest absolute Gasteiger partial charge is 0.235 e. The third kappa shape index (κ3) is 4.34. The number of rotatable bonds is 5. The van der Waals surface area contributed by atoms with Gasteiger partial charge in [0, 0.05) is 6.54 Å². The zero-order valence-electron chi connectivity index (χ0n) is 15.0. The van der Waals surface area contributed by atoms with Crippen molar-refractivity contribution in [2.75, 3.05) is 19.7 Å². The zero-order valence-corrected chi connectivity index (χ0v) is 15.0. The van der Waals surface area contributed by atoms with Crippen LogP contribution in [-0.2, 0) is 9.53 Å². The number of ether oxygens (including phenoxy) is 1. The molecule has 1 aromatic rings. The Labute approximate surface area is 144 Å². The van der Waals surface area contributed by atoms with Crippen LogP contribution in [0.25, 0.3) is 0 Å². The average molecular weight is 329 g/mol. The summed E-state index contributed by atoms with van der Waals surface area (Å²) in [6.45, 7) is 9.18. The number of amides is 1. The number of nitrogens with one attached hydrogen (secondary N) is 1. The fraction of sp³-hybridized carbons (Fsp3) is 0.579. The van der Waals surface area contributed by atoms with Crippen LogP contribution in [0.3, 0.4) is 0 Å². The summed E-state index contributed by atoms with van der Waals surface area (Å²) in [5.41, 5.74) is 0.293. The molecule has 1 aromatic carbocycles. The maximum atomic E-state index is 12.5. The Morgan fingerprint density at radius 3 is 2.71 bits per heavy atom. The van der Waals surface area contributed by atoms with Crippen molar-refractivity contribution in [1.29, 1.82) is 5.26 Å². The van der Waals surface area contributed by atoms with E-state index >= 15 is 0 Å². The first kappa shape index (κ1) is 18.4. The molecule has 0 bridgehead atoms. The van der Waals surface area contributed by atoms with E-state index in [4.69, 9.17) is 4.74 Å². The van der Waals surface area contributed by atoms with Gasteiger partial charge < -0.3 is 10.1 Å². The molecule has 24 heavy (non-hydrogen) atoms. The van der Waals surface area contributed by atoms with E-state index in [2.05, 4.69) is 28.4 Å². The summed E-state index contributed by atoms with van der Waals surface area (Å²) in [5.74, 6) is -0.0808. The number of benzene rings is 1. The summed E-state index contributed by atoms with van der Waals surface area (Å²) in [4.78, 5) is 14.7. The van der Waals surface area contributed by atoms with E-state index in [-0.39, 0.29) is 30.5 Å². The second-order valence-electron chi connectivity index (χ2n) is 7.02. The number of carbonyl (C=O) groups excluding carboxylic acids is 1. The van der Waals surface area contributed by atoms with E-state index < -0.39 is 5.54 Å². The Morgan fingerprint density at radius 1 is 1.46 bits per heavy atom. The van der Waals surface area contributed by atoms with Crippen LogP contribution in [0.4, 0.5) is 0 Å². The van der Waals surface area contributed by atoms with Crippen molar-refractivity contribution >= 4 is 5.91 Å². The van der Waals surface area contributed by atoms with Crippen molar-refractivity contribution in [3.63, 3.8) is 0 Å². The van der Waals surface area contributed by atoms with Crippen molar-refractivity contribution < 1.29 is 9.53 Å². The summed E-state index contributed by atoms with van der Waals surface area (Å²) in [6, 6.07) is 12.4. The molecule has 1 saturated heterocycles. The lowest BCUT2D eigenvalue weighted by atomic mass is 9.90. The normalized spacial score (nSPS) is 24.2. The van der Waals surface area contributed by atoms with Gasteiger partial charge in [-0.05, 0) is 25.3 Å². The van der Waals surface area contributed by atoms with Gasteiger partial charge >= 0.3 is 0 Å². The first-order valence-corrected chi connectivity index (χ1v) is 8.48. The van der Waals surface area contributed by atoms with Gasteiger partial charge in [-0.25, -0.2) is 0 Å². The topological polar surface area (TPSA) is 65.4 Å². The first-order valence-electron chi connectivity index (χ1n) is 8.48. The Hall–Kier alpha value is -1.90. The Balaban J connectivity index is 2.09. The van der Waals surface area contributed by atoms with Crippen LogP contribution in [0.15, 0.2) is 30.3 Å². The van der Waals surface area contributed by atoms with E-state index in [1.165, 1.54) is 0 Å². The van der Waals surface area contributed by atoms with Crippen molar-refractivity contribution in [3.05, 3.63) is 35.9 Å². The molecule has 0 aromatic heterocycles. The van der Waals surface area contributed by atoms with Gasteiger partial charge in [0.1, 0.15) is 5.54 Å². The highest BCUT2D eigenvalue weighted by Gasteiger charge is 2.33. The highest BCUT2D eigenvalue weighted by molar-refractivity contribution is 5.79. The van der Waals surface area contributed by atoms with E-state index in [9.17, 15) is 10.1 Å². The molecule has 0 saturated carbocycles. The number of morpholine rings is 1. The SMILES string of the molecule is CC(C)[C@@](C)(C#N)NC(=O)CN1C[C@@H](C)OC[C@H]1c1ccccc1. The Morgan fingerprint density at radius 2 is 2.12 bits per heavy atom. The van der Waals surface area contributed by atoms with E-state index in [0.29, 0.717) is 13.2 Å². The zero-order chi connectivity index (χ0) is 17.7. The number of nitriles is 1. The third-order valence-corrected chi connectivity index (χ3v) is 4.79. The molecule has 1 N–H and O–H groups in total. The third-order valence-electron chi connectivity index (χ3n) is 4.79. The first-order chi connectivity index (χ1) is 11.4. The molecule has 1 amide bonds. The lowest BCUT2D eigenvalue weighted by Gasteiger charge is -2.39. The molecule has 2 rings (SSSR count). The number of nitrogens with zero attached hydrogens (tertiary/aromatic N) is 2. The van der Waals surface area contributed by atoms with Gasteiger partial charge in [-0.1, -0.05) is 44.2 Å². The largest absolute Gasteiger partial charge is 0.375 e. The van der Waals surface area contributed by atoms with Crippen LogP contribution >= 0.6 is 0 Å². The summed E-state index contributed by atoms with van der Waals surface area (Å²) in [6.07, 6.45) is 0.0882. The quantitative estimate of drug-likeness (QED) is 0.901. The molecule has 130 valence electrons. The Bertz CT molecular complexity index is 596. The van der Waals surface area contributed by atoms with Crippen LogP contribution in [0.5, 0.6) is 0 Å². The van der Waals surface area contributed by atoms with Gasteiger partial charge in [0.05, 0.1) is 31.4 Å². The number of hydrogen-bond donors (Lipinski definition) is 1. The molecule has 0 spiro atoms. The van der Waals surface area contributed by atoms with Crippen LogP contribution in [0.1, 0.15) is 39.3 Å². The molecule has 1 aliphatic rings. The lowest BCUT2D eigenvalue weighted by molar-refractivity contribution is -0.128. The fourth-order valence-corrected chi connectivity index (χ4v) is 2.84. The van der Waals surface area contributed by atoms with Crippen LogP contribution in [0.2, 0.25) is 0 Å². The van der Waals surface area contributed by atoms with Crippen LogP contribution in [0, 0.1) is 17.2 Å². The van der Waals surface area contributed by atoms with E-state index in [1.807, 2.05) is 39.0 Å². The predicted molar refractivity (Wildman–Crippen MR) is 93.2 cm³/mol. The monoisotopic (exact) mass is 329 g/mol. The minimum atomic E-state index is -0.850. The summed E-state index contributed by atoms with van der Waals surface area (Å²) >= 11 is 0. The van der Waals surface area contributed by atoms with Crippen molar-refractivity contribution in [1.82, 2.24) is 10.2 Å². The average Bonchev–Trinajstić information content (AvgIpc) is 2.55. The minimum Gasteiger partial charge on any atom is -0.375 e. The van der Waals surface area contributed by atoms with Gasteiger partial charge in [0.25, 0.3) is 0 Å². The van der Waals surface area contributed by atoms with Gasteiger partial charge in [-0.15, -0.1) is 0 Å². The molecular weight excluding hydrogens is 302 g/mol. The maximum Gasteiger partial charge on any atom is 0.235 e. The molecule has 0 radical (unpaired) electrons. The standard InChI is InChI=1S/C19H27N3O2/c1-14(2)19(4,13-20)21-18(23)11-22-10-15(3)24-12-17(22)16-8-6-5-7-9-16/h5-9,14-15,17H,10-12H2,1-4H3,(H,21,23)/t15-,17+,19-/m1/s1. The van der Waals surface area contributed by atoms with Gasteiger partial charge in [-0.2, -0.15) is 5.26 Å². The lowest BCUT2D eigenvalue weighted by Crippen LogP contribution is -2.54. The van der Waals surface area contributed by atoms with Gasteiger partial charge in [0.15, 0.2) is 0 Å². The minimum absolute atomic E-state index is 0.0417. The highest BCUT2D eigenvalue weighted by atomic mass is 16.5. The molecule has 1 aliphatic heterocycles. The van der Waals surface area contributed by atoms with Crippen LogP contribution in [-0.4, -0.2) is 42.1 Å². The molecule has 5 nitrogen and oxygen atoms in total. The summed E-state index contributed by atoms with van der Waals surface area (Å²) in [7, 11) is 0.